The summed E-state index contributed by atoms with van der Waals surface area (Å²) in [4.78, 5) is 12.7. The molecule has 2 rings (SSSR count). The zero-order valence-corrected chi connectivity index (χ0v) is 13.3. The molecule has 0 fully saturated rings. The van der Waals surface area contributed by atoms with Crippen LogP contribution in [0, 0.1) is 13.8 Å². The standard InChI is InChI=1S/C13H13Cl2N3OS/c1-8-5-3-4-6-10(8)18(13(19)12(14)15)7-11-17-16-9(2)20-11/h3-6,12H,7H2,1-2H3. The third-order valence-corrected chi connectivity index (χ3v) is 3.92. The molecule has 0 saturated heterocycles. The van der Waals surface area contributed by atoms with Gasteiger partial charge in [0.05, 0.1) is 6.54 Å². The predicted molar refractivity (Wildman–Crippen MR) is 82.5 cm³/mol. The first-order valence-corrected chi connectivity index (χ1v) is 7.62. The van der Waals surface area contributed by atoms with Gasteiger partial charge in [0, 0.05) is 5.69 Å². The Morgan fingerprint density at radius 2 is 2.00 bits per heavy atom. The molecule has 1 heterocycles. The lowest BCUT2D eigenvalue weighted by Gasteiger charge is -2.23. The quantitative estimate of drug-likeness (QED) is 0.806. The zero-order valence-electron chi connectivity index (χ0n) is 11.0. The van der Waals surface area contributed by atoms with E-state index in [2.05, 4.69) is 10.2 Å². The minimum absolute atomic E-state index is 0.311. The third-order valence-electron chi connectivity index (χ3n) is 2.72. The van der Waals surface area contributed by atoms with Gasteiger partial charge in [0.2, 0.25) is 0 Å². The summed E-state index contributed by atoms with van der Waals surface area (Å²) in [5.41, 5.74) is 1.74. The molecule has 0 spiro atoms. The molecular formula is C13H13Cl2N3OS. The first-order valence-electron chi connectivity index (χ1n) is 5.93. The lowest BCUT2D eigenvalue weighted by atomic mass is 10.2. The van der Waals surface area contributed by atoms with Crippen LogP contribution in [-0.4, -0.2) is 20.9 Å². The van der Waals surface area contributed by atoms with Gasteiger partial charge >= 0.3 is 0 Å². The molecule has 0 unspecified atom stereocenters. The first kappa shape index (κ1) is 15.2. The fraction of sp³-hybridized carbons (Fsp3) is 0.308. The van der Waals surface area contributed by atoms with Gasteiger partial charge in [-0.15, -0.1) is 10.2 Å². The molecule has 2 aromatic rings. The van der Waals surface area contributed by atoms with Crippen LogP contribution in [0.5, 0.6) is 0 Å². The van der Waals surface area contributed by atoms with Gasteiger partial charge in [0.1, 0.15) is 10.0 Å². The van der Waals surface area contributed by atoms with Crippen LogP contribution in [0.15, 0.2) is 24.3 Å². The topological polar surface area (TPSA) is 46.1 Å². The molecule has 0 bridgehead atoms. The lowest BCUT2D eigenvalue weighted by molar-refractivity contribution is -0.117. The molecule has 0 aliphatic heterocycles. The van der Waals surface area contributed by atoms with Crippen LogP contribution >= 0.6 is 34.5 Å². The summed E-state index contributed by atoms with van der Waals surface area (Å²) in [7, 11) is 0. The normalized spacial score (nSPS) is 10.8. The van der Waals surface area contributed by atoms with Gasteiger partial charge in [-0.2, -0.15) is 0 Å². The zero-order chi connectivity index (χ0) is 14.7. The molecule has 0 radical (unpaired) electrons. The van der Waals surface area contributed by atoms with E-state index in [1.807, 2.05) is 38.1 Å². The maximum absolute atomic E-state index is 12.2. The average molecular weight is 330 g/mol. The first-order chi connectivity index (χ1) is 9.49. The average Bonchev–Trinajstić information content (AvgIpc) is 2.81. The number of alkyl halides is 2. The summed E-state index contributed by atoms with van der Waals surface area (Å²) < 4.78 is 0. The number of hydrogen-bond donors (Lipinski definition) is 0. The summed E-state index contributed by atoms with van der Waals surface area (Å²) in [6.45, 7) is 4.11. The second-order valence-electron chi connectivity index (χ2n) is 4.23. The number of halogens is 2. The van der Waals surface area contributed by atoms with Crippen molar-refractivity contribution in [3.63, 3.8) is 0 Å². The SMILES string of the molecule is Cc1nnc(CN(C(=O)C(Cl)Cl)c2ccccc2C)s1. The Balaban J connectivity index is 2.35. The Morgan fingerprint density at radius 3 is 2.55 bits per heavy atom. The van der Waals surface area contributed by atoms with Crippen molar-refractivity contribution >= 4 is 46.1 Å². The number of carbonyl (C=O) groups is 1. The summed E-state index contributed by atoms with van der Waals surface area (Å²) >= 11 is 12.9. The van der Waals surface area contributed by atoms with Gasteiger partial charge in [-0.3, -0.25) is 4.79 Å². The Hall–Kier alpha value is -1.17. The van der Waals surface area contributed by atoms with E-state index < -0.39 is 4.84 Å². The Labute approximate surface area is 131 Å². The Kier molecular flexibility index (Phi) is 4.96. The third kappa shape index (κ3) is 3.48. The smallest absolute Gasteiger partial charge is 0.260 e. The second-order valence-corrected chi connectivity index (χ2v) is 6.59. The fourth-order valence-corrected chi connectivity index (χ4v) is 2.74. The molecule has 0 N–H and O–H groups in total. The number of amides is 1. The van der Waals surface area contributed by atoms with Crippen LogP contribution in [0.2, 0.25) is 0 Å². The van der Waals surface area contributed by atoms with Crippen LogP contribution in [0.3, 0.4) is 0 Å². The fourth-order valence-electron chi connectivity index (χ4n) is 1.80. The highest BCUT2D eigenvalue weighted by molar-refractivity contribution is 7.11. The predicted octanol–water partition coefficient (Wildman–Crippen LogP) is 3.49. The number of para-hydroxylation sites is 1. The maximum atomic E-state index is 12.2. The minimum atomic E-state index is -1.11. The number of aromatic nitrogens is 2. The largest absolute Gasteiger partial charge is 0.303 e. The highest BCUT2D eigenvalue weighted by Crippen LogP contribution is 2.25. The van der Waals surface area contributed by atoms with E-state index in [1.54, 1.807) is 4.90 Å². The lowest BCUT2D eigenvalue weighted by Crippen LogP contribution is -2.34. The van der Waals surface area contributed by atoms with Crippen molar-refractivity contribution in [3.8, 4) is 0 Å². The summed E-state index contributed by atoms with van der Waals surface area (Å²) in [6, 6.07) is 7.57. The number of anilines is 1. The molecule has 0 aliphatic carbocycles. The molecule has 1 amide bonds. The van der Waals surface area contributed by atoms with Gasteiger partial charge in [-0.25, -0.2) is 0 Å². The van der Waals surface area contributed by atoms with Gasteiger partial charge in [-0.1, -0.05) is 52.7 Å². The highest BCUT2D eigenvalue weighted by atomic mass is 35.5. The Bertz CT molecular complexity index is 615. The van der Waals surface area contributed by atoms with E-state index in [-0.39, 0.29) is 5.91 Å². The molecule has 0 atom stereocenters. The van der Waals surface area contributed by atoms with Gasteiger partial charge < -0.3 is 4.90 Å². The molecular weight excluding hydrogens is 317 g/mol. The van der Waals surface area contributed by atoms with Crippen LogP contribution in [0.1, 0.15) is 15.6 Å². The van der Waals surface area contributed by atoms with Crippen LogP contribution < -0.4 is 4.90 Å². The van der Waals surface area contributed by atoms with E-state index in [0.717, 1.165) is 21.3 Å². The number of nitrogens with zero attached hydrogens (tertiary/aromatic N) is 3. The van der Waals surface area contributed by atoms with Gasteiger partial charge in [-0.05, 0) is 25.5 Å². The molecule has 0 saturated carbocycles. The number of rotatable bonds is 4. The van der Waals surface area contributed by atoms with Crippen molar-refractivity contribution in [2.75, 3.05) is 4.90 Å². The van der Waals surface area contributed by atoms with E-state index >= 15 is 0 Å². The van der Waals surface area contributed by atoms with E-state index in [4.69, 9.17) is 23.2 Å². The van der Waals surface area contributed by atoms with Crippen LogP contribution in [0.25, 0.3) is 0 Å². The molecule has 1 aromatic heterocycles. The van der Waals surface area contributed by atoms with E-state index in [1.165, 1.54) is 11.3 Å². The van der Waals surface area contributed by atoms with Crippen molar-refractivity contribution in [2.45, 2.75) is 25.2 Å². The summed E-state index contributed by atoms with van der Waals surface area (Å²) in [5, 5.41) is 9.59. The van der Waals surface area contributed by atoms with Crippen LogP contribution in [0.4, 0.5) is 5.69 Å². The number of carbonyl (C=O) groups excluding carboxylic acids is 1. The maximum Gasteiger partial charge on any atom is 0.260 e. The molecule has 106 valence electrons. The van der Waals surface area contributed by atoms with Gasteiger partial charge in [0.25, 0.3) is 5.91 Å². The van der Waals surface area contributed by atoms with Crippen molar-refractivity contribution in [1.29, 1.82) is 0 Å². The monoisotopic (exact) mass is 329 g/mol. The molecule has 0 aliphatic rings. The molecule has 7 heteroatoms. The van der Waals surface area contributed by atoms with Crippen LogP contribution in [-0.2, 0) is 11.3 Å². The molecule has 20 heavy (non-hydrogen) atoms. The molecule has 1 aromatic carbocycles. The number of hydrogen-bond acceptors (Lipinski definition) is 4. The van der Waals surface area contributed by atoms with Crippen molar-refractivity contribution in [2.24, 2.45) is 0 Å². The van der Waals surface area contributed by atoms with E-state index in [9.17, 15) is 4.79 Å². The number of benzene rings is 1. The van der Waals surface area contributed by atoms with E-state index in [0.29, 0.717) is 6.54 Å². The summed E-state index contributed by atoms with van der Waals surface area (Å²) in [6.07, 6.45) is 0. The molecule has 4 nitrogen and oxygen atoms in total. The summed E-state index contributed by atoms with van der Waals surface area (Å²) in [5.74, 6) is -0.365. The van der Waals surface area contributed by atoms with Crippen molar-refractivity contribution in [1.82, 2.24) is 10.2 Å². The van der Waals surface area contributed by atoms with Crippen molar-refractivity contribution < 1.29 is 4.79 Å². The number of aryl methyl sites for hydroxylation is 2. The second kappa shape index (κ2) is 6.52. The minimum Gasteiger partial charge on any atom is -0.303 e. The van der Waals surface area contributed by atoms with Gasteiger partial charge in [0.15, 0.2) is 4.84 Å². The Morgan fingerprint density at radius 1 is 1.30 bits per heavy atom. The highest BCUT2D eigenvalue weighted by Gasteiger charge is 2.24. The van der Waals surface area contributed by atoms with Crippen molar-refractivity contribution in [3.05, 3.63) is 39.8 Å².